The smallest absolute Gasteiger partial charge is 0.255 e. The van der Waals surface area contributed by atoms with Crippen LogP contribution in [0.5, 0.6) is 5.75 Å². The van der Waals surface area contributed by atoms with Crippen LogP contribution in [0.1, 0.15) is 48.9 Å². The van der Waals surface area contributed by atoms with E-state index in [0.29, 0.717) is 31.0 Å². The average molecular weight is 493 g/mol. The number of halogens is 1. The molecule has 0 radical (unpaired) electrons. The Morgan fingerprint density at radius 2 is 1.79 bits per heavy atom. The molecule has 178 valence electrons. The first kappa shape index (κ1) is 24.0. The highest BCUT2D eigenvalue weighted by Gasteiger charge is 2.26. The van der Waals surface area contributed by atoms with Gasteiger partial charge in [-0.05, 0) is 68.1 Å². The number of nitrogens with one attached hydrogen (secondary N) is 1. The molecular formula is C24H29ClN2O5S. The zero-order valence-corrected chi connectivity index (χ0v) is 20.0. The molecule has 2 fully saturated rings. The van der Waals surface area contributed by atoms with Crippen molar-refractivity contribution in [3.63, 3.8) is 0 Å². The molecule has 0 aliphatic carbocycles. The molecule has 1 N–H and O–H groups in total. The number of nitrogens with zero attached hydrogens (tertiary/aromatic N) is 1. The summed E-state index contributed by atoms with van der Waals surface area (Å²) in [5.74, 6) is 0.275. The van der Waals surface area contributed by atoms with Gasteiger partial charge in [-0.2, -0.15) is 4.31 Å². The summed E-state index contributed by atoms with van der Waals surface area (Å²) in [6.07, 6.45) is 5.93. The number of carbonyl (C=O) groups excluding carboxylic acids is 1. The lowest BCUT2D eigenvalue weighted by Crippen LogP contribution is -2.32. The second-order valence-electron chi connectivity index (χ2n) is 8.38. The summed E-state index contributed by atoms with van der Waals surface area (Å²) in [6, 6.07) is 11.2. The van der Waals surface area contributed by atoms with Crippen LogP contribution in [-0.4, -0.2) is 51.0 Å². The van der Waals surface area contributed by atoms with Crippen LogP contribution in [-0.2, 0) is 14.8 Å². The topological polar surface area (TPSA) is 84.9 Å². The van der Waals surface area contributed by atoms with E-state index in [9.17, 15) is 13.2 Å². The molecule has 1 amide bonds. The highest BCUT2D eigenvalue weighted by Crippen LogP contribution is 2.29. The van der Waals surface area contributed by atoms with Crippen LogP contribution < -0.4 is 10.1 Å². The van der Waals surface area contributed by atoms with Crippen LogP contribution in [0.25, 0.3) is 0 Å². The second kappa shape index (κ2) is 10.9. The number of anilines is 1. The highest BCUT2D eigenvalue weighted by atomic mass is 35.5. The zero-order valence-electron chi connectivity index (χ0n) is 18.5. The number of rotatable bonds is 7. The van der Waals surface area contributed by atoms with Crippen molar-refractivity contribution >= 4 is 33.2 Å². The molecule has 33 heavy (non-hydrogen) atoms. The van der Waals surface area contributed by atoms with Crippen molar-refractivity contribution < 1.29 is 22.7 Å². The SMILES string of the molecule is O=C(Nc1cc(S(=O)(=O)N2CCCCCC2)ccc1Cl)c1ccc(OCC2CCCO2)cc1. The predicted octanol–water partition coefficient (Wildman–Crippen LogP) is 4.71. The summed E-state index contributed by atoms with van der Waals surface area (Å²) in [5, 5.41) is 3.01. The first-order valence-electron chi connectivity index (χ1n) is 11.4. The molecule has 2 heterocycles. The Labute approximate surface area is 200 Å². The lowest BCUT2D eigenvalue weighted by atomic mass is 10.2. The fraction of sp³-hybridized carbons (Fsp3) is 0.458. The minimum atomic E-state index is -3.65. The van der Waals surface area contributed by atoms with Crippen LogP contribution >= 0.6 is 11.6 Å². The number of hydrogen-bond donors (Lipinski definition) is 1. The monoisotopic (exact) mass is 492 g/mol. The van der Waals surface area contributed by atoms with Gasteiger partial charge in [-0.3, -0.25) is 4.79 Å². The number of carbonyl (C=O) groups is 1. The van der Waals surface area contributed by atoms with Gasteiger partial charge in [0.2, 0.25) is 10.0 Å². The molecule has 2 aromatic carbocycles. The van der Waals surface area contributed by atoms with Gasteiger partial charge in [-0.25, -0.2) is 8.42 Å². The quantitative estimate of drug-likeness (QED) is 0.604. The number of hydrogen-bond acceptors (Lipinski definition) is 5. The van der Waals surface area contributed by atoms with E-state index in [0.717, 1.165) is 45.1 Å². The molecule has 9 heteroatoms. The van der Waals surface area contributed by atoms with Crippen molar-refractivity contribution in [2.75, 3.05) is 31.6 Å². The van der Waals surface area contributed by atoms with E-state index in [-0.39, 0.29) is 27.6 Å². The fourth-order valence-corrected chi connectivity index (χ4v) is 5.76. The first-order valence-corrected chi connectivity index (χ1v) is 13.2. The Morgan fingerprint density at radius 1 is 1.06 bits per heavy atom. The minimum absolute atomic E-state index is 0.119. The minimum Gasteiger partial charge on any atom is -0.491 e. The molecule has 0 saturated carbocycles. The molecule has 2 aliphatic rings. The molecule has 7 nitrogen and oxygen atoms in total. The van der Waals surface area contributed by atoms with Crippen LogP contribution in [0.15, 0.2) is 47.4 Å². The predicted molar refractivity (Wildman–Crippen MR) is 128 cm³/mol. The highest BCUT2D eigenvalue weighted by molar-refractivity contribution is 7.89. The second-order valence-corrected chi connectivity index (χ2v) is 10.7. The van der Waals surface area contributed by atoms with Gasteiger partial charge < -0.3 is 14.8 Å². The third-order valence-electron chi connectivity index (χ3n) is 5.97. The summed E-state index contributed by atoms with van der Waals surface area (Å²) in [5.41, 5.74) is 0.674. The Balaban J connectivity index is 1.43. The van der Waals surface area contributed by atoms with Crippen LogP contribution in [0.3, 0.4) is 0 Å². The third-order valence-corrected chi connectivity index (χ3v) is 8.19. The van der Waals surface area contributed by atoms with E-state index >= 15 is 0 Å². The van der Waals surface area contributed by atoms with E-state index in [4.69, 9.17) is 21.1 Å². The molecule has 0 spiro atoms. The van der Waals surface area contributed by atoms with Gasteiger partial charge in [-0.15, -0.1) is 0 Å². The van der Waals surface area contributed by atoms with Crippen molar-refractivity contribution in [3.8, 4) is 5.75 Å². The van der Waals surface area contributed by atoms with E-state index < -0.39 is 10.0 Å². The van der Waals surface area contributed by atoms with Gasteiger partial charge in [0, 0.05) is 25.3 Å². The molecule has 2 aromatic rings. The molecule has 1 atom stereocenters. The van der Waals surface area contributed by atoms with E-state index in [1.54, 1.807) is 24.3 Å². The number of ether oxygens (including phenoxy) is 2. The molecule has 4 rings (SSSR count). The largest absolute Gasteiger partial charge is 0.491 e. The maximum atomic E-state index is 13.1. The van der Waals surface area contributed by atoms with Crippen molar-refractivity contribution in [2.24, 2.45) is 0 Å². The molecule has 0 bridgehead atoms. The Morgan fingerprint density at radius 3 is 2.45 bits per heavy atom. The Hall–Kier alpha value is -2.13. The molecular weight excluding hydrogens is 464 g/mol. The van der Waals surface area contributed by atoms with E-state index in [2.05, 4.69) is 5.32 Å². The number of sulfonamides is 1. The van der Waals surface area contributed by atoms with Crippen molar-refractivity contribution in [1.82, 2.24) is 4.31 Å². The normalized spacial score (nSPS) is 19.7. The van der Waals surface area contributed by atoms with Gasteiger partial charge in [-0.1, -0.05) is 24.4 Å². The summed E-state index contributed by atoms with van der Waals surface area (Å²) < 4.78 is 39.0. The lowest BCUT2D eigenvalue weighted by Gasteiger charge is -2.20. The van der Waals surface area contributed by atoms with Gasteiger partial charge in [0.05, 0.1) is 21.7 Å². The van der Waals surface area contributed by atoms with Gasteiger partial charge in [0.1, 0.15) is 12.4 Å². The standard InChI is InChI=1S/C24H29ClN2O5S/c25-22-12-11-21(33(29,30)27-13-3-1-2-4-14-27)16-23(22)26-24(28)18-7-9-19(10-8-18)32-17-20-6-5-15-31-20/h7-12,16,20H,1-6,13-15,17H2,(H,26,28). The fourth-order valence-electron chi connectivity index (χ4n) is 4.05. The first-order chi connectivity index (χ1) is 15.9. The maximum absolute atomic E-state index is 13.1. The Kier molecular flexibility index (Phi) is 7.90. The Bertz CT molecular complexity index is 1060. The molecule has 2 saturated heterocycles. The summed E-state index contributed by atoms with van der Waals surface area (Å²) in [6.45, 7) is 2.28. The zero-order chi connectivity index (χ0) is 23.3. The van der Waals surface area contributed by atoms with Gasteiger partial charge >= 0.3 is 0 Å². The summed E-state index contributed by atoms with van der Waals surface area (Å²) in [4.78, 5) is 12.9. The van der Waals surface area contributed by atoms with E-state index in [1.165, 1.54) is 22.5 Å². The van der Waals surface area contributed by atoms with Crippen molar-refractivity contribution in [3.05, 3.63) is 53.1 Å². The maximum Gasteiger partial charge on any atom is 0.255 e. The number of amides is 1. The average Bonchev–Trinajstić information content (AvgIpc) is 3.18. The van der Waals surface area contributed by atoms with Crippen molar-refractivity contribution in [1.29, 1.82) is 0 Å². The van der Waals surface area contributed by atoms with Gasteiger partial charge in [0.15, 0.2) is 0 Å². The van der Waals surface area contributed by atoms with Crippen molar-refractivity contribution in [2.45, 2.75) is 49.5 Å². The van der Waals surface area contributed by atoms with E-state index in [1.807, 2.05) is 0 Å². The van der Waals surface area contributed by atoms with Gasteiger partial charge in [0.25, 0.3) is 5.91 Å². The third kappa shape index (κ3) is 6.06. The summed E-state index contributed by atoms with van der Waals surface area (Å²) >= 11 is 6.26. The molecule has 2 aliphatic heterocycles. The summed E-state index contributed by atoms with van der Waals surface area (Å²) in [7, 11) is -3.65. The molecule has 1 unspecified atom stereocenters. The number of benzene rings is 2. The lowest BCUT2D eigenvalue weighted by molar-refractivity contribution is 0.0679. The van der Waals surface area contributed by atoms with Crippen LogP contribution in [0.2, 0.25) is 5.02 Å². The molecule has 0 aromatic heterocycles. The van der Waals surface area contributed by atoms with Crippen LogP contribution in [0.4, 0.5) is 5.69 Å². The van der Waals surface area contributed by atoms with Crippen LogP contribution in [0, 0.1) is 0 Å².